The molecular weight excluding hydrogens is 303 g/mol. The Hall–Kier alpha value is -1.39. The van der Waals surface area contributed by atoms with Crippen molar-refractivity contribution in [2.24, 2.45) is 0 Å². The third-order valence-corrected chi connectivity index (χ3v) is 3.30. The molecule has 0 saturated heterocycles. The maximum atomic E-state index is 12.5. The first-order valence-corrected chi connectivity index (χ1v) is 6.15. The average molecular weight is 310 g/mol. The number of esters is 1. The summed E-state index contributed by atoms with van der Waals surface area (Å²) in [5.41, 5.74) is -5.08. The molecule has 0 aliphatic heterocycles. The van der Waals surface area contributed by atoms with E-state index < -0.39 is 33.7 Å². The molecule has 0 aliphatic carbocycles. The van der Waals surface area contributed by atoms with Crippen LogP contribution in [0.15, 0.2) is 17.0 Å². The van der Waals surface area contributed by atoms with Crippen LogP contribution in [-0.4, -0.2) is 18.6 Å². The van der Waals surface area contributed by atoms with E-state index in [2.05, 4.69) is 4.74 Å². The number of thioether (sulfide) groups is 1. The van der Waals surface area contributed by atoms with Gasteiger partial charge < -0.3 is 4.74 Å². The van der Waals surface area contributed by atoms with Crippen LogP contribution in [0.5, 0.6) is 0 Å². The van der Waals surface area contributed by atoms with Crippen LogP contribution in [0.3, 0.4) is 0 Å². The van der Waals surface area contributed by atoms with Crippen molar-refractivity contribution in [3.8, 4) is 6.07 Å². The number of alkyl halides is 4. The fourth-order valence-corrected chi connectivity index (χ4v) is 2.46. The Labute approximate surface area is 116 Å². The summed E-state index contributed by atoms with van der Waals surface area (Å²) in [6, 6.07) is 4.19. The summed E-state index contributed by atoms with van der Waals surface area (Å²) in [5.74, 6) is -1.22. The minimum Gasteiger partial charge on any atom is -0.465 e. The highest BCUT2D eigenvalue weighted by Gasteiger charge is 2.34. The SMILES string of the molecule is COC(=O)c1c(C#N)ccc(CCl)c1SC(F)(F)F. The molecule has 0 heterocycles. The molecule has 0 N–H and O–H groups in total. The Morgan fingerprint density at radius 3 is 2.58 bits per heavy atom. The number of hydrogen-bond donors (Lipinski definition) is 0. The summed E-state index contributed by atoms with van der Waals surface area (Å²) in [7, 11) is 1.03. The molecule has 0 fully saturated rings. The standard InChI is InChI=1S/C11H7ClF3NO2S/c1-18-10(17)8-7(5-16)3-2-6(4-12)9(8)19-11(13,14)15/h2-3H,4H2,1H3. The van der Waals surface area contributed by atoms with Crippen LogP contribution in [0, 0.1) is 11.3 Å². The molecule has 0 aliphatic rings. The first kappa shape index (κ1) is 15.7. The van der Waals surface area contributed by atoms with Crippen molar-refractivity contribution in [1.29, 1.82) is 5.26 Å². The Kier molecular flexibility index (Phi) is 5.09. The van der Waals surface area contributed by atoms with Gasteiger partial charge in [0.2, 0.25) is 0 Å². The molecule has 0 radical (unpaired) electrons. The largest absolute Gasteiger partial charge is 0.465 e. The lowest BCUT2D eigenvalue weighted by Crippen LogP contribution is -2.11. The quantitative estimate of drug-likeness (QED) is 0.485. The van der Waals surface area contributed by atoms with Gasteiger partial charge in [0.15, 0.2) is 0 Å². The van der Waals surface area contributed by atoms with E-state index in [9.17, 15) is 18.0 Å². The molecule has 0 spiro atoms. The smallest absolute Gasteiger partial charge is 0.446 e. The van der Waals surface area contributed by atoms with Crippen LogP contribution >= 0.6 is 23.4 Å². The number of ether oxygens (including phenoxy) is 1. The predicted molar refractivity (Wildman–Crippen MR) is 64.0 cm³/mol. The van der Waals surface area contributed by atoms with Gasteiger partial charge >= 0.3 is 11.5 Å². The van der Waals surface area contributed by atoms with Gasteiger partial charge in [-0.05, 0) is 23.4 Å². The monoisotopic (exact) mass is 309 g/mol. The van der Waals surface area contributed by atoms with Crippen LogP contribution < -0.4 is 0 Å². The number of carbonyl (C=O) groups is 1. The predicted octanol–water partition coefficient (Wildman–Crippen LogP) is 3.70. The molecule has 1 rings (SSSR count). The van der Waals surface area contributed by atoms with Gasteiger partial charge in [0.1, 0.15) is 6.07 Å². The highest BCUT2D eigenvalue weighted by atomic mass is 35.5. The minimum atomic E-state index is -4.60. The zero-order valence-electron chi connectivity index (χ0n) is 9.55. The van der Waals surface area contributed by atoms with Crippen LogP contribution in [0.1, 0.15) is 21.5 Å². The van der Waals surface area contributed by atoms with Gasteiger partial charge in [-0.2, -0.15) is 18.4 Å². The van der Waals surface area contributed by atoms with Crippen LogP contribution in [0.2, 0.25) is 0 Å². The Morgan fingerprint density at radius 1 is 1.53 bits per heavy atom. The molecule has 3 nitrogen and oxygen atoms in total. The number of methoxy groups -OCH3 is 1. The summed E-state index contributed by atoms with van der Waals surface area (Å²) in [4.78, 5) is 11.2. The van der Waals surface area contributed by atoms with E-state index in [1.807, 2.05) is 0 Å². The Morgan fingerprint density at radius 2 is 2.16 bits per heavy atom. The number of hydrogen-bond acceptors (Lipinski definition) is 4. The second-order valence-corrected chi connectivity index (χ2v) is 4.60. The third-order valence-electron chi connectivity index (χ3n) is 2.11. The number of halogens is 4. The summed E-state index contributed by atoms with van der Waals surface area (Å²) < 4.78 is 42.0. The van der Waals surface area contributed by atoms with E-state index in [1.165, 1.54) is 12.1 Å². The van der Waals surface area contributed by atoms with E-state index in [4.69, 9.17) is 16.9 Å². The van der Waals surface area contributed by atoms with E-state index in [0.29, 0.717) is 0 Å². The summed E-state index contributed by atoms with van der Waals surface area (Å²) in [5, 5.41) is 8.87. The van der Waals surface area contributed by atoms with E-state index in [0.717, 1.165) is 7.11 Å². The van der Waals surface area contributed by atoms with E-state index in [1.54, 1.807) is 6.07 Å². The third kappa shape index (κ3) is 3.78. The number of nitrogens with zero attached hydrogens (tertiary/aromatic N) is 1. The van der Waals surface area contributed by atoms with Gasteiger partial charge in [0.25, 0.3) is 0 Å². The molecule has 0 saturated carbocycles. The number of rotatable bonds is 3. The lowest BCUT2D eigenvalue weighted by Gasteiger charge is -2.14. The first-order chi connectivity index (χ1) is 8.84. The summed E-state index contributed by atoms with van der Waals surface area (Å²) in [6.07, 6.45) is 0. The van der Waals surface area contributed by atoms with Gasteiger partial charge in [0.05, 0.1) is 18.2 Å². The molecule has 1 aromatic rings. The van der Waals surface area contributed by atoms with E-state index >= 15 is 0 Å². The van der Waals surface area contributed by atoms with Gasteiger partial charge in [-0.25, -0.2) is 4.79 Å². The van der Waals surface area contributed by atoms with Crippen LogP contribution in [0.25, 0.3) is 0 Å². The van der Waals surface area contributed by atoms with Gasteiger partial charge in [-0.3, -0.25) is 0 Å². The molecule has 0 bridgehead atoms. The molecular formula is C11H7ClF3NO2S. The van der Waals surface area contributed by atoms with Crippen molar-refractivity contribution in [2.45, 2.75) is 16.3 Å². The van der Waals surface area contributed by atoms with E-state index in [-0.39, 0.29) is 17.0 Å². The van der Waals surface area contributed by atoms with Crippen LogP contribution in [-0.2, 0) is 10.6 Å². The van der Waals surface area contributed by atoms with Crippen LogP contribution in [0.4, 0.5) is 13.2 Å². The molecule has 0 amide bonds. The fraction of sp³-hybridized carbons (Fsp3) is 0.273. The molecule has 1 aromatic carbocycles. The minimum absolute atomic E-state index is 0.114. The zero-order chi connectivity index (χ0) is 14.6. The average Bonchev–Trinajstić information content (AvgIpc) is 2.35. The lowest BCUT2D eigenvalue weighted by atomic mass is 10.1. The molecule has 0 aromatic heterocycles. The van der Waals surface area contributed by atoms with Gasteiger partial charge in [-0.1, -0.05) is 6.07 Å². The Bertz CT molecular complexity index is 540. The molecule has 102 valence electrons. The Balaban J connectivity index is 3.53. The highest BCUT2D eigenvalue weighted by molar-refractivity contribution is 8.00. The second kappa shape index (κ2) is 6.17. The van der Waals surface area contributed by atoms with Crippen molar-refractivity contribution in [3.05, 3.63) is 28.8 Å². The second-order valence-electron chi connectivity index (χ2n) is 3.26. The van der Waals surface area contributed by atoms with Gasteiger partial charge in [-0.15, -0.1) is 11.6 Å². The number of nitriles is 1. The van der Waals surface area contributed by atoms with Crippen molar-refractivity contribution in [1.82, 2.24) is 0 Å². The van der Waals surface area contributed by atoms with Crippen molar-refractivity contribution < 1.29 is 22.7 Å². The van der Waals surface area contributed by atoms with Gasteiger partial charge in [0, 0.05) is 10.8 Å². The molecule has 0 unspecified atom stereocenters. The van der Waals surface area contributed by atoms with Crippen molar-refractivity contribution in [2.75, 3.05) is 7.11 Å². The first-order valence-electron chi connectivity index (χ1n) is 4.80. The molecule has 19 heavy (non-hydrogen) atoms. The molecule has 0 atom stereocenters. The highest BCUT2D eigenvalue weighted by Crippen LogP contribution is 2.42. The number of carbonyl (C=O) groups excluding carboxylic acids is 1. The maximum absolute atomic E-state index is 12.5. The summed E-state index contributed by atoms with van der Waals surface area (Å²) >= 11 is 5.08. The topological polar surface area (TPSA) is 50.1 Å². The van der Waals surface area contributed by atoms with Crippen molar-refractivity contribution >= 4 is 29.3 Å². The zero-order valence-corrected chi connectivity index (χ0v) is 11.1. The van der Waals surface area contributed by atoms with Crippen molar-refractivity contribution in [3.63, 3.8) is 0 Å². The fourth-order valence-electron chi connectivity index (χ4n) is 1.36. The number of benzene rings is 1. The lowest BCUT2D eigenvalue weighted by molar-refractivity contribution is -0.0328. The normalized spacial score (nSPS) is 10.9. The maximum Gasteiger partial charge on any atom is 0.446 e. The molecule has 8 heteroatoms. The summed E-state index contributed by atoms with van der Waals surface area (Å²) in [6.45, 7) is 0.